The Morgan fingerprint density at radius 1 is 1.05 bits per heavy atom. The van der Waals surface area contributed by atoms with Crippen LogP contribution in [0.5, 0.6) is 11.6 Å². The summed E-state index contributed by atoms with van der Waals surface area (Å²) in [7, 11) is -2.30. The lowest BCUT2D eigenvalue weighted by atomic mass is 10.1. The number of pyridine rings is 1. The summed E-state index contributed by atoms with van der Waals surface area (Å²) < 4.78 is 51.3. The van der Waals surface area contributed by atoms with Gasteiger partial charge in [0.25, 0.3) is 5.91 Å². The number of nitrogens with zero attached hydrogens (tertiary/aromatic N) is 3. The Hall–Kier alpha value is -4.42. The molecular formula is C39H55N7O10S. The van der Waals surface area contributed by atoms with Gasteiger partial charge in [0.15, 0.2) is 0 Å². The molecule has 4 heterocycles. The summed E-state index contributed by atoms with van der Waals surface area (Å²) in [6.07, 6.45) is 2.70. The van der Waals surface area contributed by atoms with Crippen LogP contribution in [0, 0.1) is 5.92 Å². The van der Waals surface area contributed by atoms with E-state index >= 15 is 0 Å². The average Bonchev–Trinajstić information content (AvgIpc) is 4.09. The van der Waals surface area contributed by atoms with E-state index in [2.05, 4.69) is 25.6 Å². The number of ether oxygens (including phenoxy) is 4. The number of hydrogen-bond donors (Lipinski definition) is 4. The molecule has 1 aromatic heterocycles. The number of hydrogen-bond acceptors (Lipinski definition) is 13. The van der Waals surface area contributed by atoms with E-state index in [4.69, 9.17) is 23.9 Å². The molecule has 5 atom stereocenters. The number of morpholine rings is 1. The van der Waals surface area contributed by atoms with Gasteiger partial charge in [-0.05, 0) is 95.0 Å². The normalized spacial score (nSPS) is 27.6. The fraction of sp³-hybridized carbons (Fsp3) is 0.667. The fourth-order valence-corrected chi connectivity index (χ4v) is 9.32. The lowest BCUT2D eigenvalue weighted by molar-refractivity contribution is -0.141. The monoisotopic (exact) mass is 813 g/mol. The highest BCUT2D eigenvalue weighted by Gasteiger charge is 2.62. The van der Waals surface area contributed by atoms with E-state index in [1.165, 1.54) is 4.90 Å². The van der Waals surface area contributed by atoms with Gasteiger partial charge in [-0.25, -0.2) is 13.2 Å². The van der Waals surface area contributed by atoms with Crippen LogP contribution in [-0.4, -0.2) is 130 Å². The van der Waals surface area contributed by atoms with Gasteiger partial charge in [0.05, 0.1) is 32.1 Å². The minimum atomic E-state index is -3.89. The minimum Gasteiger partial charge on any atom is -0.497 e. The number of amides is 4. The summed E-state index contributed by atoms with van der Waals surface area (Å²) in [4.78, 5) is 64.4. The molecule has 2 aromatic rings. The van der Waals surface area contributed by atoms with Crippen molar-refractivity contribution in [3.05, 3.63) is 24.3 Å². The number of fused-ring (bicyclic) bond motifs is 3. The van der Waals surface area contributed by atoms with Gasteiger partial charge in [0, 0.05) is 31.4 Å². The van der Waals surface area contributed by atoms with Crippen LogP contribution in [-0.2, 0) is 33.9 Å². The second-order valence-electron chi connectivity index (χ2n) is 16.7. The number of carbonyl (C=O) groups excluding carboxylic acids is 4. The summed E-state index contributed by atoms with van der Waals surface area (Å²) in [5.41, 5.74) is -2.27. The molecular weight excluding hydrogens is 759 g/mol. The van der Waals surface area contributed by atoms with Crippen molar-refractivity contribution in [2.24, 2.45) is 5.92 Å². The van der Waals surface area contributed by atoms with Crippen molar-refractivity contribution < 1.29 is 46.5 Å². The molecule has 4 amide bonds. The standard InChI is InChI=1S/C39H55N7O10S/c1-38(2,3)56-37(50)41-30-22-40-13-7-5-6-8-25-21-39(25,36(49)44-57(51,52)28-10-11-28)43-33(47)31-20-27(23-46(31)35(30)48)55-34-29-12-9-26(53-4)18-24(29)19-32(42-34)45-14-16-54-17-15-45/h9,12,18-19,25,27-28,30-31,40H,5-8,10-11,13-17,20-23H2,1-4H3,(H,41,50)(H,43,47)(H,44,49)/t25-,27-,30+,31+,39-/m1/s1. The van der Waals surface area contributed by atoms with Gasteiger partial charge in [-0.1, -0.05) is 12.8 Å². The second kappa shape index (κ2) is 16.4. The quantitative estimate of drug-likeness (QED) is 0.301. The zero-order valence-electron chi connectivity index (χ0n) is 33.1. The van der Waals surface area contributed by atoms with Gasteiger partial charge in [-0.2, -0.15) is 4.98 Å². The number of rotatable bonds is 8. The molecule has 17 nitrogen and oxygen atoms in total. The van der Waals surface area contributed by atoms with Crippen LogP contribution in [0.1, 0.15) is 72.1 Å². The first-order valence-electron chi connectivity index (χ1n) is 20.0. The molecule has 3 aliphatic heterocycles. The van der Waals surface area contributed by atoms with Gasteiger partial charge in [0.2, 0.25) is 27.7 Å². The van der Waals surface area contributed by atoms with Crippen molar-refractivity contribution in [1.82, 2.24) is 30.6 Å². The van der Waals surface area contributed by atoms with Crippen LogP contribution in [0.15, 0.2) is 24.3 Å². The van der Waals surface area contributed by atoms with Crippen LogP contribution in [0.2, 0.25) is 0 Å². The number of aromatic nitrogens is 1. The van der Waals surface area contributed by atoms with Crippen LogP contribution in [0.3, 0.4) is 0 Å². The molecule has 0 radical (unpaired) electrons. The maximum absolute atomic E-state index is 14.6. The highest BCUT2D eigenvalue weighted by molar-refractivity contribution is 7.91. The van der Waals surface area contributed by atoms with Gasteiger partial charge in [-0.15, -0.1) is 0 Å². The molecule has 4 N–H and O–H groups in total. The van der Waals surface area contributed by atoms with E-state index in [1.807, 2.05) is 18.2 Å². The lowest BCUT2D eigenvalue weighted by Crippen LogP contribution is -2.59. The first kappa shape index (κ1) is 40.8. The summed E-state index contributed by atoms with van der Waals surface area (Å²) >= 11 is 0. The van der Waals surface area contributed by atoms with Crippen LogP contribution in [0.4, 0.5) is 10.6 Å². The Morgan fingerprint density at radius 3 is 2.54 bits per heavy atom. The van der Waals surface area contributed by atoms with Gasteiger partial charge in [0.1, 0.15) is 40.9 Å². The van der Waals surface area contributed by atoms with Crippen LogP contribution in [0.25, 0.3) is 10.8 Å². The zero-order valence-corrected chi connectivity index (χ0v) is 34.0. The van der Waals surface area contributed by atoms with Gasteiger partial charge >= 0.3 is 6.09 Å². The van der Waals surface area contributed by atoms with E-state index in [0.717, 1.165) is 24.6 Å². The highest BCUT2D eigenvalue weighted by Crippen LogP contribution is 2.48. The fourth-order valence-electron chi connectivity index (χ4n) is 7.96. The number of alkyl carbamates (subject to hydrolysis) is 1. The van der Waals surface area contributed by atoms with E-state index in [-0.39, 0.29) is 31.8 Å². The van der Waals surface area contributed by atoms with Crippen molar-refractivity contribution in [3.8, 4) is 11.6 Å². The molecule has 57 heavy (non-hydrogen) atoms. The number of benzene rings is 1. The Morgan fingerprint density at radius 2 is 1.82 bits per heavy atom. The molecule has 0 unspecified atom stereocenters. The SMILES string of the molecule is COc1ccc2c(O[C@@H]3C[C@H]4C(=O)N[C@]5(C(=O)NS(=O)(=O)C6CC6)C[C@H]5CCCCCNC[C@H](NC(=O)OC(C)(C)C)C(=O)N4C3)nc(N3CCOCC3)cc2c1. The number of carbonyl (C=O) groups is 4. The van der Waals surface area contributed by atoms with E-state index in [1.54, 1.807) is 33.9 Å². The molecule has 2 aliphatic carbocycles. The van der Waals surface area contributed by atoms with Crippen molar-refractivity contribution >= 4 is 50.4 Å². The van der Waals surface area contributed by atoms with Crippen molar-refractivity contribution in [3.63, 3.8) is 0 Å². The van der Waals surface area contributed by atoms with E-state index < -0.39 is 68.4 Å². The number of anilines is 1. The van der Waals surface area contributed by atoms with Gasteiger partial charge < -0.3 is 44.7 Å². The molecule has 2 saturated carbocycles. The third-order valence-corrected chi connectivity index (χ3v) is 13.1. The maximum atomic E-state index is 14.6. The smallest absolute Gasteiger partial charge is 0.408 e. The Balaban J connectivity index is 1.21. The molecule has 0 spiro atoms. The Bertz CT molecular complexity index is 1970. The summed E-state index contributed by atoms with van der Waals surface area (Å²) in [6.45, 7) is 8.13. The van der Waals surface area contributed by atoms with E-state index in [9.17, 15) is 27.6 Å². The third kappa shape index (κ3) is 9.49. The first-order valence-corrected chi connectivity index (χ1v) is 21.6. The molecule has 5 aliphatic rings. The molecule has 7 rings (SSSR count). The van der Waals surface area contributed by atoms with E-state index in [0.29, 0.717) is 74.9 Å². The van der Waals surface area contributed by atoms with Gasteiger partial charge in [-0.3, -0.25) is 19.1 Å². The molecule has 0 bridgehead atoms. The zero-order chi connectivity index (χ0) is 40.5. The number of sulfonamides is 1. The molecule has 1 aromatic carbocycles. The third-order valence-electron chi connectivity index (χ3n) is 11.3. The minimum absolute atomic E-state index is 0.0357. The first-order chi connectivity index (χ1) is 27.2. The van der Waals surface area contributed by atoms with Crippen molar-refractivity contribution in [2.75, 3.05) is 57.9 Å². The number of nitrogens with one attached hydrogen (secondary N) is 4. The largest absolute Gasteiger partial charge is 0.497 e. The average molecular weight is 814 g/mol. The highest BCUT2D eigenvalue weighted by atomic mass is 32.2. The predicted molar refractivity (Wildman–Crippen MR) is 209 cm³/mol. The van der Waals surface area contributed by atoms with Crippen molar-refractivity contribution in [2.45, 2.75) is 107 Å². The second-order valence-corrected chi connectivity index (χ2v) is 18.7. The van der Waals surface area contributed by atoms with Crippen LogP contribution >= 0.6 is 0 Å². The molecule has 18 heteroatoms. The lowest BCUT2D eigenvalue weighted by Gasteiger charge is -2.30. The maximum Gasteiger partial charge on any atom is 0.408 e. The molecule has 312 valence electrons. The summed E-state index contributed by atoms with van der Waals surface area (Å²) in [5, 5.41) is 9.84. The Labute approximate surface area is 333 Å². The molecule has 5 fully saturated rings. The van der Waals surface area contributed by atoms with Crippen molar-refractivity contribution in [1.29, 1.82) is 0 Å². The summed E-state index contributed by atoms with van der Waals surface area (Å²) in [5.74, 6) is -0.537. The summed E-state index contributed by atoms with van der Waals surface area (Å²) in [6, 6.07) is 5.28. The number of methoxy groups -OCH3 is 1. The molecule has 3 saturated heterocycles. The predicted octanol–water partition coefficient (Wildman–Crippen LogP) is 1.97. The topological polar surface area (TPSA) is 207 Å². The Kier molecular flexibility index (Phi) is 11.8. The van der Waals surface area contributed by atoms with Crippen LogP contribution < -0.4 is 35.0 Å².